The van der Waals surface area contributed by atoms with Crippen molar-refractivity contribution >= 4 is 12.0 Å². The van der Waals surface area contributed by atoms with Gasteiger partial charge in [0, 0.05) is 6.08 Å². The van der Waals surface area contributed by atoms with Gasteiger partial charge in [0.25, 0.3) is 0 Å². The summed E-state index contributed by atoms with van der Waals surface area (Å²) in [6.45, 7) is 3.83. The zero-order valence-electron chi connectivity index (χ0n) is 13.3. The molecule has 0 saturated heterocycles. The molecule has 23 heavy (non-hydrogen) atoms. The van der Waals surface area contributed by atoms with Crippen LogP contribution in [0.1, 0.15) is 44.2 Å². The van der Waals surface area contributed by atoms with Crippen molar-refractivity contribution in [3.8, 4) is 0 Å². The Kier molecular flexibility index (Phi) is 7.59. The zero-order chi connectivity index (χ0) is 17.3. The SMILES string of the molecule is CCCC/C=C/C(C)OC(=O)/C=C/c1cccc(C(F)(F)F)c1. The Morgan fingerprint density at radius 3 is 2.74 bits per heavy atom. The average molecular weight is 326 g/mol. The van der Waals surface area contributed by atoms with Crippen LogP contribution in [0.5, 0.6) is 0 Å². The minimum absolute atomic E-state index is 0.294. The quantitative estimate of drug-likeness (QED) is 0.290. The molecular weight excluding hydrogens is 305 g/mol. The van der Waals surface area contributed by atoms with Crippen LogP contribution in [-0.2, 0) is 15.7 Å². The maximum absolute atomic E-state index is 12.6. The van der Waals surface area contributed by atoms with E-state index in [4.69, 9.17) is 4.74 Å². The normalized spacial score (nSPS) is 13.6. The molecule has 0 amide bonds. The first-order valence-corrected chi connectivity index (χ1v) is 7.55. The Hall–Kier alpha value is -2.04. The number of carbonyl (C=O) groups excluding carboxylic acids is 1. The average Bonchev–Trinajstić information content (AvgIpc) is 2.49. The molecule has 0 bridgehead atoms. The van der Waals surface area contributed by atoms with Crippen LogP contribution in [0.15, 0.2) is 42.5 Å². The summed E-state index contributed by atoms with van der Waals surface area (Å²) < 4.78 is 42.9. The third-order valence-electron chi connectivity index (χ3n) is 3.06. The molecule has 0 aliphatic carbocycles. The van der Waals surface area contributed by atoms with E-state index in [1.165, 1.54) is 18.2 Å². The fraction of sp³-hybridized carbons (Fsp3) is 0.389. The van der Waals surface area contributed by atoms with E-state index in [0.29, 0.717) is 5.56 Å². The van der Waals surface area contributed by atoms with Gasteiger partial charge in [0.15, 0.2) is 0 Å². The molecule has 0 aliphatic heterocycles. The monoisotopic (exact) mass is 326 g/mol. The second-order valence-electron chi connectivity index (χ2n) is 5.17. The van der Waals surface area contributed by atoms with Crippen LogP contribution in [0, 0.1) is 0 Å². The maximum atomic E-state index is 12.6. The van der Waals surface area contributed by atoms with E-state index in [1.54, 1.807) is 13.0 Å². The standard InChI is InChI=1S/C18H21F3O2/c1-3-4-5-6-8-14(2)23-17(22)12-11-15-9-7-10-16(13-15)18(19,20)21/h6-14H,3-5H2,1-2H3/b8-6+,12-11+. The molecule has 1 aromatic rings. The van der Waals surface area contributed by atoms with Gasteiger partial charge in [-0.3, -0.25) is 0 Å². The first-order chi connectivity index (χ1) is 10.8. The molecule has 0 aromatic heterocycles. The van der Waals surface area contributed by atoms with Gasteiger partial charge in [-0.2, -0.15) is 13.2 Å². The van der Waals surface area contributed by atoms with E-state index < -0.39 is 17.7 Å². The Morgan fingerprint density at radius 1 is 1.35 bits per heavy atom. The van der Waals surface area contributed by atoms with Crippen molar-refractivity contribution in [1.29, 1.82) is 0 Å². The molecule has 0 N–H and O–H groups in total. The first-order valence-electron chi connectivity index (χ1n) is 7.55. The van der Waals surface area contributed by atoms with Gasteiger partial charge in [-0.1, -0.05) is 38.0 Å². The van der Waals surface area contributed by atoms with Crippen molar-refractivity contribution in [2.75, 3.05) is 0 Å². The lowest BCUT2D eigenvalue weighted by Crippen LogP contribution is -2.10. The lowest BCUT2D eigenvalue weighted by atomic mass is 10.1. The maximum Gasteiger partial charge on any atom is 0.416 e. The van der Waals surface area contributed by atoms with Gasteiger partial charge in [0.1, 0.15) is 6.10 Å². The fourth-order valence-corrected chi connectivity index (χ4v) is 1.85. The van der Waals surface area contributed by atoms with Gasteiger partial charge in [-0.25, -0.2) is 4.79 Å². The number of unbranched alkanes of at least 4 members (excludes halogenated alkanes) is 2. The van der Waals surface area contributed by atoms with Crippen LogP contribution in [-0.4, -0.2) is 12.1 Å². The molecular formula is C18H21F3O2. The minimum Gasteiger partial charge on any atom is -0.455 e. The van der Waals surface area contributed by atoms with Crippen molar-refractivity contribution in [2.45, 2.75) is 45.4 Å². The summed E-state index contributed by atoms with van der Waals surface area (Å²) in [6, 6.07) is 4.76. The highest BCUT2D eigenvalue weighted by Gasteiger charge is 2.30. The summed E-state index contributed by atoms with van der Waals surface area (Å²) >= 11 is 0. The van der Waals surface area contributed by atoms with E-state index in [0.717, 1.165) is 37.5 Å². The van der Waals surface area contributed by atoms with Crippen molar-refractivity contribution in [3.63, 3.8) is 0 Å². The molecule has 0 radical (unpaired) electrons. The highest BCUT2D eigenvalue weighted by molar-refractivity contribution is 5.87. The van der Waals surface area contributed by atoms with E-state index in [9.17, 15) is 18.0 Å². The summed E-state index contributed by atoms with van der Waals surface area (Å²) in [5, 5.41) is 0. The van der Waals surface area contributed by atoms with Gasteiger partial charge in [0.05, 0.1) is 5.56 Å². The van der Waals surface area contributed by atoms with Crippen LogP contribution in [0.3, 0.4) is 0 Å². The second-order valence-corrected chi connectivity index (χ2v) is 5.17. The van der Waals surface area contributed by atoms with Crippen LogP contribution in [0.4, 0.5) is 13.2 Å². The van der Waals surface area contributed by atoms with Crippen LogP contribution < -0.4 is 0 Å². The predicted octanol–water partition coefficient (Wildman–Crippen LogP) is 5.40. The number of esters is 1. The third kappa shape index (κ3) is 7.68. The lowest BCUT2D eigenvalue weighted by molar-refractivity contribution is -0.140. The van der Waals surface area contributed by atoms with Crippen LogP contribution in [0.25, 0.3) is 6.08 Å². The number of ether oxygens (including phenoxy) is 1. The third-order valence-corrected chi connectivity index (χ3v) is 3.06. The molecule has 2 nitrogen and oxygen atoms in total. The summed E-state index contributed by atoms with van der Waals surface area (Å²) in [5.41, 5.74) is -0.455. The Balaban J connectivity index is 2.57. The number of allylic oxidation sites excluding steroid dienone is 1. The van der Waals surface area contributed by atoms with E-state index in [-0.39, 0.29) is 6.10 Å². The first kappa shape index (κ1) is 19.0. The number of benzene rings is 1. The van der Waals surface area contributed by atoms with Gasteiger partial charge in [0.2, 0.25) is 0 Å². The van der Waals surface area contributed by atoms with E-state index in [2.05, 4.69) is 6.92 Å². The molecule has 126 valence electrons. The lowest BCUT2D eigenvalue weighted by Gasteiger charge is -2.07. The van der Waals surface area contributed by atoms with Gasteiger partial charge in [-0.05, 0) is 43.2 Å². The van der Waals surface area contributed by atoms with Crippen molar-refractivity contribution in [1.82, 2.24) is 0 Å². The van der Waals surface area contributed by atoms with Gasteiger partial charge < -0.3 is 4.74 Å². The Labute approximate surface area is 134 Å². The molecule has 1 aromatic carbocycles. The Morgan fingerprint density at radius 2 is 2.09 bits per heavy atom. The second kappa shape index (κ2) is 9.18. The molecule has 1 unspecified atom stereocenters. The molecule has 0 fully saturated rings. The van der Waals surface area contributed by atoms with Gasteiger partial charge >= 0.3 is 12.1 Å². The molecule has 0 aliphatic rings. The Bertz CT molecular complexity index is 560. The van der Waals surface area contributed by atoms with Crippen molar-refractivity contribution < 1.29 is 22.7 Å². The summed E-state index contributed by atoms with van der Waals surface area (Å²) in [4.78, 5) is 11.6. The minimum atomic E-state index is -4.40. The van der Waals surface area contributed by atoms with Crippen molar-refractivity contribution in [2.24, 2.45) is 0 Å². The number of hydrogen-bond donors (Lipinski definition) is 0. The largest absolute Gasteiger partial charge is 0.455 e. The number of carbonyl (C=O) groups is 1. The molecule has 1 atom stereocenters. The molecule has 0 heterocycles. The summed E-state index contributed by atoms with van der Waals surface area (Å²) in [6.07, 6.45) is 4.53. The number of halogens is 3. The smallest absolute Gasteiger partial charge is 0.416 e. The molecule has 1 rings (SSSR count). The number of hydrogen-bond acceptors (Lipinski definition) is 2. The number of alkyl halides is 3. The summed E-state index contributed by atoms with van der Waals surface area (Å²) in [7, 11) is 0. The van der Waals surface area contributed by atoms with Crippen LogP contribution in [0.2, 0.25) is 0 Å². The van der Waals surface area contributed by atoms with Gasteiger partial charge in [-0.15, -0.1) is 0 Å². The van der Waals surface area contributed by atoms with E-state index >= 15 is 0 Å². The summed E-state index contributed by atoms with van der Waals surface area (Å²) in [5.74, 6) is -0.588. The molecule has 0 saturated carbocycles. The zero-order valence-corrected chi connectivity index (χ0v) is 13.3. The van der Waals surface area contributed by atoms with Crippen molar-refractivity contribution in [3.05, 3.63) is 53.6 Å². The van der Waals surface area contributed by atoms with Crippen LogP contribution >= 0.6 is 0 Å². The topological polar surface area (TPSA) is 26.3 Å². The molecule has 5 heteroatoms. The fourth-order valence-electron chi connectivity index (χ4n) is 1.85. The highest BCUT2D eigenvalue weighted by Crippen LogP contribution is 2.29. The number of rotatable bonds is 7. The molecule has 0 spiro atoms. The highest BCUT2D eigenvalue weighted by atomic mass is 19.4. The van der Waals surface area contributed by atoms with E-state index in [1.807, 2.05) is 6.08 Å². The predicted molar refractivity (Wildman–Crippen MR) is 84.7 cm³/mol.